The van der Waals surface area contributed by atoms with Crippen LogP contribution >= 0.6 is 11.6 Å². The third-order valence-corrected chi connectivity index (χ3v) is 4.86. The Hall–Kier alpha value is -2.60. The van der Waals surface area contributed by atoms with Gasteiger partial charge in [0.15, 0.2) is 23.0 Å². The van der Waals surface area contributed by atoms with E-state index in [1.165, 1.54) is 14.2 Å². The summed E-state index contributed by atoms with van der Waals surface area (Å²) in [6, 6.07) is 8.70. The average Bonchev–Trinajstić information content (AvgIpc) is 2.70. The van der Waals surface area contributed by atoms with E-state index in [0.29, 0.717) is 41.0 Å². The topological polar surface area (TPSA) is 66.0 Å². The van der Waals surface area contributed by atoms with E-state index in [2.05, 4.69) is 5.32 Å². The van der Waals surface area contributed by atoms with Crippen LogP contribution in [0.15, 0.2) is 30.3 Å². The Kier molecular flexibility index (Phi) is 6.19. The van der Waals surface area contributed by atoms with E-state index in [0.717, 1.165) is 11.3 Å². The third kappa shape index (κ3) is 4.12. The number of benzene rings is 2. The van der Waals surface area contributed by atoms with Crippen molar-refractivity contribution in [3.63, 3.8) is 0 Å². The lowest BCUT2D eigenvalue weighted by atomic mass is 9.95. The first-order valence-electron chi connectivity index (χ1n) is 9.06. The lowest BCUT2D eigenvalue weighted by molar-refractivity contribution is 0.0925. The maximum Gasteiger partial charge on any atom is 0.251 e. The van der Waals surface area contributed by atoms with Gasteiger partial charge in [0.05, 0.1) is 25.3 Å². The molecule has 0 unspecified atom stereocenters. The Morgan fingerprint density at radius 2 is 1.79 bits per heavy atom. The zero-order valence-electron chi connectivity index (χ0n) is 16.4. The van der Waals surface area contributed by atoms with Gasteiger partial charge in [-0.3, -0.25) is 4.79 Å². The minimum Gasteiger partial charge on any atom is -0.493 e. The molecular weight excluding hydrogens is 382 g/mol. The fourth-order valence-corrected chi connectivity index (χ4v) is 3.45. The second-order valence-electron chi connectivity index (χ2n) is 6.79. The van der Waals surface area contributed by atoms with Crippen molar-refractivity contribution in [2.24, 2.45) is 5.92 Å². The Morgan fingerprint density at radius 1 is 1.07 bits per heavy atom. The quantitative estimate of drug-likeness (QED) is 0.778. The summed E-state index contributed by atoms with van der Waals surface area (Å²) in [5.74, 6) is 2.11. The lowest BCUT2D eigenvalue weighted by Gasteiger charge is -2.25. The largest absolute Gasteiger partial charge is 0.493 e. The molecular formula is C21H24ClNO5. The molecule has 2 aromatic rings. The van der Waals surface area contributed by atoms with Crippen LogP contribution in [-0.4, -0.2) is 33.3 Å². The first-order chi connectivity index (χ1) is 13.4. The first-order valence-corrected chi connectivity index (χ1v) is 9.44. The van der Waals surface area contributed by atoms with Gasteiger partial charge in [0.2, 0.25) is 0 Å². The molecule has 150 valence electrons. The van der Waals surface area contributed by atoms with Crippen LogP contribution in [0.1, 0.15) is 35.8 Å². The molecule has 0 fully saturated rings. The molecule has 1 amide bonds. The summed E-state index contributed by atoms with van der Waals surface area (Å²) in [6.07, 6.45) is 0. The minimum atomic E-state index is -0.253. The van der Waals surface area contributed by atoms with Gasteiger partial charge in [-0.1, -0.05) is 31.5 Å². The minimum absolute atomic E-state index is 0.155. The predicted octanol–water partition coefficient (Wildman–Crippen LogP) is 4.26. The number of amides is 1. The summed E-state index contributed by atoms with van der Waals surface area (Å²) >= 11 is 6.24. The van der Waals surface area contributed by atoms with E-state index < -0.39 is 0 Å². The number of nitrogens with one attached hydrogen (secondary N) is 1. The number of hydrogen-bond donors (Lipinski definition) is 1. The molecule has 0 saturated heterocycles. The van der Waals surface area contributed by atoms with Gasteiger partial charge >= 0.3 is 0 Å². The number of halogens is 1. The van der Waals surface area contributed by atoms with Crippen LogP contribution in [0.4, 0.5) is 0 Å². The molecule has 28 heavy (non-hydrogen) atoms. The molecule has 3 rings (SSSR count). The highest BCUT2D eigenvalue weighted by Gasteiger charge is 2.23. The van der Waals surface area contributed by atoms with Crippen LogP contribution in [0, 0.1) is 5.92 Å². The molecule has 1 aliphatic heterocycles. The van der Waals surface area contributed by atoms with Gasteiger partial charge in [-0.2, -0.15) is 0 Å². The van der Waals surface area contributed by atoms with Gasteiger partial charge in [-0.15, -0.1) is 0 Å². The van der Waals surface area contributed by atoms with Crippen molar-refractivity contribution in [2.45, 2.75) is 19.9 Å². The number of carbonyl (C=O) groups excluding carboxylic acids is 1. The molecule has 2 aromatic carbocycles. The van der Waals surface area contributed by atoms with Gasteiger partial charge < -0.3 is 24.3 Å². The van der Waals surface area contributed by atoms with E-state index in [1.54, 1.807) is 12.1 Å². The number of ether oxygens (including phenoxy) is 4. The van der Waals surface area contributed by atoms with Crippen LogP contribution < -0.4 is 24.3 Å². The van der Waals surface area contributed by atoms with Crippen LogP contribution in [0.25, 0.3) is 0 Å². The highest BCUT2D eigenvalue weighted by molar-refractivity contribution is 6.32. The summed E-state index contributed by atoms with van der Waals surface area (Å²) in [6.45, 7) is 5.14. The molecule has 0 saturated carbocycles. The summed E-state index contributed by atoms with van der Waals surface area (Å²) in [4.78, 5) is 12.9. The number of carbonyl (C=O) groups is 1. The van der Waals surface area contributed by atoms with Gasteiger partial charge in [-0.25, -0.2) is 0 Å². The number of hydrogen-bond acceptors (Lipinski definition) is 5. The van der Waals surface area contributed by atoms with Crippen molar-refractivity contribution in [1.82, 2.24) is 5.32 Å². The fraction of sp³-hybridized carbons (Fsp3) is 0.381. The van der Waals surface area contributed by atoms with Crippen molar-refractivity contribution < 1.29 is 23.7 Å². The highest BCUT2D eigenvalue weighted by atomic mass is 35.5. The second kappa shape index (κ2) is 8.61. The number of methoxy groups -OCH3 is 2. The standard InChI is InChI=1S/C21H24ClNO5/c1-12(2)19(13-5-6-16-17(10-13)28-8-7-27-16)23-21(24)14-9-15(22)20(26-4)18(11-14)25-3/h5-6,9-12,19H,7-8H2,1-4H3,(H,23,24)/t19-/m1/s1. The van der Waals surface area contributed by atoms with E-state index in [1.807, 2.05) is 32.0 Å². The lowest BCUT2D eigenvalue weighted by Crippen LogP contribution is -2.32. The molecule has 0 spiro atoms. The van der Waals surface area contributed by atoms with Crippen molar-refractivity contribution >= 4 is 17.5 Å². The molecule has 1 N–H and O–H groups in total. The van der Waals surface area contributed by atoms with Crippen molar-refractivity contribution in [3.8, 4) is 23.0 Å². The summed E-state index contributed by atoms with van der Waals surface area (Å²) in [5, 5.41) is 3.39. The first kappa shape index (κ1) is 20.1. The van der Waals surface area contributed by atoms with Gasteiger partial charge in [0.1, 0.15) is 13.2 Å². The maximum absolute atomic E-state index is 12.9. The SMILES string of the molecule is COc1cc(C(=O)N[C@@H](c2ccc3c(c2)OCCO3)C(C)C)cc(Cl)c1OC. The summed E-state index contributed by atoms with van der Waals surface area (Å²) < 4.78 is 21.8. The molecule has 0 aromatic heterocycles. The van der Waals surface area contributed by atoms with Crippen molar-refractivity contribution in [2.75, 3.05) is 27.4 Å². The molecule has 1 heterocycles. The highest BCUT2D eigenvalue weighted by Crippen LogP contribution is 2.37. The van der Waals surface area contributed by atoms with Gasteiger partial charge in [-0.05, 0) is 35.7 Å². The number of rotatable bonds is 6. The van der Waals surface area contributed by atoms with Crippen LogP contribution in [0.5, 0.6) is 23.0 Å². The second-order valence-corrected chi connectivity index (χ2v) is 7.20. The van der Waals surface area contributed by atoms with Gasteiger partial charge in [0, 0.05) is 5.56 Å². The summed E-state index contributed by atoms with van der Waals surface area (Å²) in [7, 11) is 3.00. The third-order valence-electron chi connectivity index (χ3n) is 4.57. The smallest absolute Gasteiger partial charge is 0.251 e. The normalized spacial score (nSPS) is 13.8. The monoisotopic (exact) mass is 405 g/mol. The van der Waals surface area contributed by atoms with Crippen molar-refractivity contribution in [1.29, 1.82) is 0 Å². The van der Waals surface area contributed by atoms with Crippen LogP contribution in [-0.2, 0) is 0 Å². The van der Waals surface area contributed by atoms with Crippen molar-refractivity contribution in [3.05, 3.63) is 46.5 Å². The zero-order valence-corrected chi connectivity index (χ0v) is 17.1. The molecule has 0 bridgehead atoms. The Balaban J connectivity index is 1.87. The molecule has 6 nitrogen and oxygen atoms in total. The van der Waals surface area contributed by atoms with E-state index in [9.17, 15) is 4.79 Å². The van der Waals surface area contributed by atoms with E-state index in [4.69, 9.17) is 30.5 Å². The molecule has 0 radical (unpaired) electrons. The Morgan fingerprint density at radius 3 is 2.43 bits per heavy atom. The van der Waals surface area contributed by atoms with Crippen LogP contribution in [0.3, 0.4) is 0 Å². The van der Waals surface area contributed by atoms with Gasteiger partial charge in [0.25, 0.3) is 5.91 Å². The molecule has 7 heteroatoms. The fourth-order valence-electron chi connectivity index (χ4n) is 3.16. The molecule has 1 atom stereocenters. The van der Waals surface area contributed by atoms with Crippen LogP contribution in [0.2, 0.25) is 5.02 Å². The molecule has 1 aliphatic rings. The predicted molar refractivity (Wildman–Crippen MR) is 107 cm³/mol. The van der Waals surface area contributed by atoms with E-state index >= 15 is 0 Å². The average molecular weight is 406 g/mol. The Labute approximate surface area is 169 Å². The Bertz CT molecular complexity index is 868. The zero-order chi connectivity index (χ0) is 20.3. The maximum atomic E-state index is 12.9. The van der Waals surface area contributed by atoms with E-state index in [-0.39, 0.29) is 17.9 Å². The summed E-state index contributed by atoms with van der Waals surface area (Å²) in [5.41, 5.74) is 1.34. The number of fused-ring (bicyclic) bond motifs is 1. The molecule has 0 aliphatic carbocycles.